The fourth-order valence-electron chi connectivity index (χ4n) is 3.77. The number of hydrogen-bond acceptors (Lipinski definition) is 5. The molecule has 0 aromatic carbocycles. The Kier molecular flexibility index (Phi) is 6.84. The van der Waals surface area contributed by atoms with Crippen molar-refractivity contribution in [2.75, 3.05) is 32.7 Å². The average molecular weight is 393 g/mol. The van der Waals surface area contributed by atoms with Crippen LogP contribution < -0.4 is 10.6 Å². The van der Waals surface area contributed by atoms with Gasteiger partial charge in [-0.25, -0.2) is 4.79 Å². The van der Waals surface area contributed by atoms with Crippen molar-refractivity contribution in [1.29, 1.82) is 0 Å². The third-order valence-electron chi connectivity index (χ3n) is 5.44. The Hall–Kier alpha value is -1.93. The minimum Gasteiger partial charge on any atom is -0.335 e. The van der Waals surface area contributed by atoms with Gasteiger partial charge in [0.05, 0.1) is 11.4 Å². The molecule has 4 amide bonds. The number of carbonyl (C=O) groups excluding carboxylic acids is 3. The molecular weight excluding hydrogens is 364 g/mol. The molecule has 1 aromatic heterocycles. The Morgan fingerprint density at radius 3 is 2.56 bits per heavy atom. The van der Waals surface area contributed by atoms with Gasteiger partial charge in [-0.05, 0) is 30.2 Å². The van der Waals surface area contributed by atoms with Crippen molar-refractivity contribution in [1.82, 2.24) is 20.4 Å². The van der Waals surface area contributed by atoms with Crippen molar-refractivity contribution in [2.24, 2.45) is 5.92 Å². The number of amides is 4. The lowest BCUT2D eigenvalue weighted by atomic mass is 9.86. The van der Waals surface area contributed by atoms with E-state index < -0.39 is 6.03 Å². The largest absolute Gasteiger partial charge is 0.335 e. The summed E-state index contributed by atoms with van der Waals surface area (Å²) in [6.45, 7) is 4.76. The van der Waals surface area contributed by atoms with E-state index in [1.165, 1.54) is 17.8 Å². The number of nitrogens with zero attached hydrogens (tertiary/aromatic N) is 2. The number of nitrogens with one attached hydrogen (secondary N) is 2. The maximum Gasteiger partial charge on any atom is 0.321 e. The predicted molar refractivity (Wildman–Crippen MR) is 105 cm³/mol. The molecule has 1 aliphatic carbocycles. The number of piperazine rings is 1. The average Bonchev–Trinajstić information content (AvgIpc) is 3.18. The summed E-state index contributed by atoms with van der Waals surface area (Å²) in [6.07, 6.45) is 4.43. The molecule has 2 aliphatic rings. The van der Waals surface area contributed by atoms with Crippen LogP contribution in [0.25, 0.3) is 0 Å². The Labute approximate surface area is 164 Å². The zero-order valence-corrected chi connectivity index (χ0v) is 16.6. The molecule has 1 saturated carbocycles. The summed E-state index contributed by atoms with van der Waals surface area (Å²) in [5.41, 5.74) is 0. The fourth-order valence-corrected chi connectivity index (χ4v) is 4.46. The van der Waals surface area contributed by atoms with Crippen LogP contribution in [0.1, 0.15) is 42.3 Å². The molecule has 8 heteroatoms. The first-order valence-electron chi connectivity index (χ1n) is 9.68. The molecule has 7 nitrogen and oxygen atoms in total. The first-order valence-corrected chi connectivity index (χ1v) is 10.6. The molecule has 148 valence electrons. The van der Waals surface area contributed by atoms with Gasteiger partial charge in [0.25, 0.3) is 5.91 Å². The molecule has 3 rings (SSSR count). The van der Waals surface area contributed by atoms with E-state index >= 15 is 0 Å². The van der Waals surface area contributed by atoms with Crippen LogP contribution in [0.5, 0.6) is 0 Å². The van der Waals surface area contributed by atoms with Gasteiger partial charge in [0, 0.05) is 32.2 Å². The van der Waals surface area contributed by atoms with Crippen molar-refractivity contribution >= 4 is 29.2 Å². The van der Waals surface area contributed by atoms with Crippen LogP contribution >= 0.6 is 11.3 Å². The Balaban J connectivity index is 1.37. The van der Waals surface area contributed by atoms with Crippen LogP contribution in [-0.2, 0) is 4.79 Å². The summed E-state index contributed by atoms with van der Waals surface area (Å²) in [7, 11) is 0. The van der Waals surface area contributed by atoms with Gasteiger partial charge in [-0.2, -0.15) is 0 Å². The zero-order chi connectivity index (χ0) is 19.2. The maximum absolute atomic E-state index is 12.3. The van der Waals surface area contributed by atoms with Gasteiger partial charge in [0.15, 0.2) is 0 Å². The lowest BCUT2D eigenvalue weighted by molar-refractivity contribution is -0.121. The second kappa shape index (κ2) is 9.32. The first kappa shape index (κ1) is 19.8. The van der Waals surface area contributed by atoms with Crippen LogP contribution in [-0.4, -0.2) is 66.4 Å². The first-order chi connectivity index (χ1) is 13.0. The summed E-state index contributed by atoms with van der Waals surface area (Å²) < 4.78 is 0. The Bertz CT molecular complexity index is 656. The van der Waals surface area contributed by atoms with E-state index in [4.69, 9.17) is 0 Å². The molecule has 2 N–H and O–H groups in total. The highest BCUT2D eigenvalue weighted by Gasteiger charge is 2.26. The van der Waals surface area contributed by atoms with Crippen LogP contribution in [0.4, 0.5) is 4.79 Å². The quantitative estimate of drug-likeness (QED) is 0.820. The minimum absolute atomic E-state index is 0.0510. The molecular formula is C19H28N4O3S. The topological polar surface area (TPSA) is 81.8 Å². The number of urea groups is 1. The van der Waals surface area contributed by atoms with E-state index in [9.17, 15) is 14.4 Å². The van der Waals surface area contributed by atoms with E-state index in [2.05, 4.69) is 17.6 Å². The maximum atomic E-state index is 12.3. The second-order valence-electron chi connectivity index (χ2n) is 7.44. The summed E-state index contributed by atoms with van der Waals surface area (Å²) in [6, 6.07) is 3.46. The molecule has 2 atom stereocenters. The van der Waals surface area contributed by atoms with Crippen LogP contribution in [0, 0.1) is 5.92 Å². The van der Waals surface area contributed by atoms with Crippen molar-refractivity contribution in [3.63, 3.8) is 0 Å². The number of imide groups is 1. The number of hydrogen-bond donors (Lipinski definition) is 2. The molecule has 1 saturated heterocycles. The van der Waals surface area contributed by atoms with Crippen LogP contribution in [0.3, 0.4) is 0 Å². The third-order valence-corrected chi connectivity index (χ3v) is 6.30. The monoisotopic (exact) mass is 392 g/mol. The van der Waals surface area contributed by atoms with Gasteiger partial charge < -0.3 is 10.2 Å². The molecule has 1 aromatic rings. The third kappa shape index (κ3) is 5.52. The highest BCUT2D eigenvalue weighted by molar-refractivity contribution is 7.12. The summed E-state index contributed by atoms with van der Waals surface area (Å²) in [4.78, 5) is 41.1. The van der Waals surface area contributed by atoms with Gasteiger partial charge in [-0.15, -0.1) is 11.3 Å². The summed E-state index contributed by atoms with van der Waals surface area (Å²) in [5.74, 6) is 0.206. The fraction of sp³-hybridized carbons (Fsp3) is 0.632. The molecule has 2 fully saturated rings. The smallest absolute Gasteiger partial charge is 0.321 e. The highest BCUT2D eigenvalue weighted by Crippen LogP contribution is 2.23. The highest BCUT2D eigenvalue weighted by atomic mass is 32.1. The normalized spacial score (nSPS) is 23.7. The van der Waals surface area contributed by atoms with E-state index in [1.807, 2.05) is 27.3 Å². The van der Waals surface area contributed by atoms with Crippen molar-refractivity contribution < 1.29 is 14.4 Å². The number of rotatable bonds is 4. The van der Waals surface area contributed by atoms with Crippen molar-refractivity contribution in [3.05, 3.63) is 22.4 Å². The van der Waals surface area contributed by atoms with Gasteiger partial charge in [-0.3, -0.25) is 19.8 Å². The Morgan fingerprint density at radius 1 is 1.15 bits per heavy atom. The van der Waals surface area contributed by atoms with Crippen LogP contribution in [0.15, 0.2) is 17.5 Å². The number of thiophene rings is 1. The number of carbonyl (C=O) groups is 3. The lowest BCUT2D eigenvalue weighted by Crippen LogP contribution is -2.53. The second-order valence-corrected chi connectivity index (χ2v) is 8.38. The molecule has 0 unspecified atom stereocenters. The van der Waals surface area contributed by atoms with Crippen LogP contribution in [0.2, 0.25) is 0 Å². The Morgan fingerprint density at radius 2 is 1.89 bits per heavy atom. The van der Waals surface area contributed by atoms with E-state index in [1.54, 1.807) is 0 Å². The summed E-state index contributed by atoms with van der Waals surface area (Å²) in [5, 5.41) is 7.27. The van der Waals surface area contributed by atoms with Crippen molar-refractivity contribution in [2.45, 2.75) is 38.6 Å². The van der Waals surface area contributed by atoms with Gasteiger partial charge in [0.2, 0.25) is 5.91 Å². The standard InChI is InChI=1S/C19H28N4O3S/c1-14-5-2-3-6-15(14)20-19(26)21-17(24)13-22-8-10-23(11-9-22)18(25)16-7-4-12-27-16/h4,7,12,14-15H,2-3,5-6,8-11,13H2,1H3,(H2,20,21,24,26)/t14-,15-/m1/s1. The zero-order valence-electron chi connectivity index (χ0n) is 15.8. The van der Waals surface area contributed by atoms with Gasteiger partial charge in [-0.1, -0.05) is 25.8 Å². The molecule has 0 radical (unpaired) electrons. The van der Waals surface area contributed by atoms with Gasteiger partial charge >= 0.3 is 6.03 Å². The molecule has 27 heavy (non-hydrogen) atoms. The van der Waals surface area contributed by atoms with E-state index in [-0.39, 0.29) is 24.4 Å². The van der Waals surface area contributed by atoms with E-state index in [0.29, 0.717) is 32.1 Å². The minimum atomic E-state index is -0.398. The molecule has 0 bridgehead atoms. The molecule has 1 aliphatic heterocycles. The molecule has 2 heterocycles. The van der Waals surface area contributed by atoms with E-state index in [0.717, 1.165) is 24.1 Å². The SMILES string of the molecule is C[C@@H]1CCCC[C@H]1NC(=O)NC(=O)CN1CCN(C(=O)c2cccs2)CC1. The summed E-state index contributed by atoms with van der Waals surface area (Å²) >= 11 is 1.44. The van der Waals surface area contributed by atoms with Gasteiger partial charge in [0.1, 0.15) is 0 Å². The van der Waals surface area contributed by atoms with Crippen molar-refractivity contribution in [3.8, 4) is 0 Å². The predicted octanol–water partition coefficient (Wildman–Crippen LogP) is 1.91. The molecule has 0 spiro atoms. The lowest BCUT2D eigenvalue weighted by Gasteiger charge is -2.34.